The first kappa shape index (κ1) is 17.1. The lowest BCUT2D eigenvalue weighted by molar-refractivity contribution is -0.138. The molecular formula is C14H16ClNO5S. The third-order valence-corrected chi connectivity index (χ3v) is 5.81. The predicted octanol–water partition coefficient (Wildman–Crippen LogP) is 1.33. The van der Waals surface area contributed by atoms with Gasteiger partial charge in [-0.05, 0) is 31.5 Å². The van der Waals surface area contributed by atoms with Crippen molar-refractivity contribution in [1.82, 2.24) is 4.31 Å². The number of carbonyl (C=O) groups excluding carboxylic acids is 2. The van der Waals surface area contributed by atoms with Crippen LogP contribution in [0.1, 0.15) is 19.4 Å². The maximum atomic E-state index is 12.3. The zero-order chi connectivity index (χ0) is 16.7. The fraction of sp³-hybridized carbons (Fsp3) is 0.429. The van der Waals surface area contributed by atoms with Crippen molar-refractivity contribution in [2.75, 3.05) is 12.8 Å². The topological polar surface area (TPSA) is 80.8 Å². The number of ketones is 2. The second kappa shape index (κ2) is 5.73. The standard InChI is InChI=1S/C14H16ClNO5S/c1-4-22(19,20)16(3)13-11(17)12(18)14(2,21-13)9-5-7-10(15)8-6-9/h5-8,13H,4H2,1-3H3. The molecular weight excluding hydrogens is 330 g/mol. The summed E-state index contributed by atoms with van der Waals surface area (Å²) >= 11 is 5.81. The average Bonchev–Trinajstić information content (AvgIpc) is 2.72. The second-order valence-corrected chi connectivity index (χ2v) is 7.87. The molecule has 120 valence electrons. The Bertz CT molecular complexity index is 715. The summed E-state index contributed by atoms with van der Waals surface area (Å²) in [5.74, 6) is -1.85. The number of halogens is 1. The van der Waals surface area contributed by atoms with Crippen molar-refractivity contribution in [2.24, 2.45) is 0 Å². The van der Waals surface area contributed by atoms with Gasteiger partial charge < -0.3 is 4.74 Å². The molecule has 2 unspecified atom stereocenters. The largest absolute Gasteiger partial charge is 0.335 e. The van der Waals surface area contributed by atoms with E-state index in [-0.39, 0.29) is 5.75 Å². The van der Waals surface area contributed by atoms with Gasteiger partial charge in [0.2, 0.25) is 21.6 Å². The summed E-state index contributed by atoms with van der Waals surface area (Å²) in [5.41, 5.74) is -1.08. The Hall–Kier alpha value is -1.28. The SMILES string of the molecule is CCS(=O)(=O)N(C)C1OC(C)(c2ccc(Cl)cc2)C(=O)C1=O. The molecule has 0 saturated carbocycles. The molecule has 6 nitrogen and oxygen atoms in total. The number of benzene rings is 1. The van der Waals surface area contributed by atoms with E-state index in [0.717, 1.165) is 4.31 Å². The highest BCUT2D eigenvalue weighted by atomic mass is 35.5. The van der Waals surface area contributed by atoms with E-state index >= 15 is 0 Å². The van der Waals surface area contributed by atoms with Crippen molar-refractivity contribution in [3.63, 3.8) is 0 Å². The van der Waals surface area contributed by atoms with Crippen LogP contribution in [-0.2, 0) is 30.0 Å². The molecule has 1 heterocycles. The van der Waals surface area contributed by atoms with Crippen molar-refractivity contribution < 1.29 is 22.7 Å². The van der Waals surface area contributed by atoms with E-state index in [1.54, 1.807) is 24.3 Å². The lowest BCUT2D eigenvalue weighted by Gasteiger charge is -2.26. The molecule has 2 rings (SSSR count). The molecule has 2 atom stereocenters. The fourth-order valence-corrected chi connectivity index (χ4v) is 3.20. The zero-order valence-corrected chi connectivity index (χ0v) is 13.9. The lowest BCUT2D eigenvalue weighted by atomic mass is 9.91. The normalized spacial score (nSPS) is 26.0. The summed E-state index contributed by atoms with van der Waals surface area (Å²) in [6, 6.07) is 6.29. The predicted molar refractivity (Wildman–Crippen MR) is 80.9 cm³/mol. The van der Waals surface area contributed by atoms with Crippen LogP contribution in [0.2, 0.25) is 5.02 Å². The first-order chi connectivity index (χ1) is 10.1. The Morgan fingerprint density at radius 1 is 1.27 bits per heavy atom. The number of rotatable bonds is 4. The Morgan fingerprint density at radius 3 is 2.32 bits per heavy atom. The van der Waals surface area contributed by atoms with E-state index in [9.17, 15) is 18.0 Å². The summed E-state index contributed by atoms with van der Waals surface area (Å²) in [6.07, 6.45) is -1.45. The number of hydrogen-bond acceptors (Lipinski definition) is 5. The van der Waals surface area contributed by atoms with Crippen molar-refractivity contribution in [1.29, 1.82) is 0 Å². The van der Waals surface area contributed by atoms with E-state index in [4.69, 9.17) is 16.3 Å². The number of likely N-dealkylation sites (N-methyl/N-ethyl adjacent to an activating group) is 1. The second-order valence-electron chi connectivity index (χ2n) is 5.12. The average molecular weight is 346 g/mol. The van der Waals surface area contributed by atoms with Gasteiger partial charge in [-0.2, -0.15) is 4.31 Å². The first-order valence-corrected chi connectivity index (χ1v) is 8.60. The lowest BCUT2D eigenvalue weighted by Crippen LogP contribution is -2.42. The Kier molecular flexibility index (Phi) is 4.45. The van der Waals surface area contributed by atoms with Crippen LogP contribution in [0.5, 0.6) is 0 Å². The highest BCUT2D eigenvalue weighted by Crippen LogP contribution is 2.36. The van der Waals surface area contributed by atoms with Crippen molar-refractivity contribution in [2.45, 2.75) is 25.7 Å². The Labute approximate surface area is 134 Å². The van der Waals surface area contributed by atoms with Crippen LogP contribution in [0, 0.1) is 0 Å². The molecule has 0 radical (unpaired) electrons. The molecule has 8 heteroatoms. The molecule has 0 amide bonds. The molecule has 1 aromatic rings. The third kappa shape index (κ3) is 2.69. The van der Waals surface area contributed by atoms with E-state index < -0.39 is 33.4 Å². The van der Waals surface area contributed by atoms with E-state index in [0.29, 0.717) is 10.6 Å². The summed E-state index contributed by atoms with van der Waals surface area (Å²) < 4.78 is 30.1. The molecule has 1 saturated heterocycles. The van der Waals surface area contributed by atoms with Gasteiger partial charge in [-0.1, -0.05) is 23.7 Å². The highest BCUT2D eigenvalue weighted by molar-refractivity contribution is 7.89. The number of sulfonamides is 1. The van der Waals surface area contributed by atoms with Crippen LogP contribution < -0.4 is 0 Å². The maximum Gasteiger partial charge on any atom is 0.246 e. The van der Waals surface area contributed by atoms with Gasteiger partial charge in [0.25, 0.3) is 0 Å². The monoisotopic (exact) mass is 345 g/mol. The third-order valence-electron chi connectivity index (χ3n) is 3.76. The van der Waals surface area contributed by atoms with E-state index in [1.807, 2.05) is 0 Å². The number of ether oxygens (including phenoxy) is 1. The molecule has 0 spiro atoms. The highest BCUT2D eigenvalue weighted by Gasteiger charge is 2.55. The fourth-order valence-electron chi connectivity index (χ4n) is 2.23. The van der Waals surface area contributed by atoms with E-state index in [2.05, 4.69) is 0 Å². The Morgan fingerprint density at radius 2 is 1.82 bits per heavy atom. The minimum absolute atomic E-state index is 0.192. The minimum atomic E-state index is -3.66. The number of Topliss-reactive ketones (excluding diaryl/α,β-unsaturated/α-hetero) is 2. The summed E-state index contributed by atoms with van der Waals surface area (Å²) in [5, 5.41) is 0.478. The summed E-state index contributed by atoms with van der Waals surface area (Å²) in [4.78, 5) is 24.5. The van der Waals surface area contributed by atoms with Crippen LogP contribution in [0.3, 0.4) is 0 Å². The summed E-state index contributed by atoms with van der Waals surface area (Å²) in [6.45, 7) is 2.90. The van der Waals surface area contributed by atoms with Crippen LogP contribution in [0.4, 0.5) is 0 Å². The molecule has 22 heavy (non-hydrogen) atoms. The van der Waals surface area contributed by atoms with Gasteiger partial charge in [0.05, 0.1) is 5.75 Å². The van der Waals surface area contributed by atoms with Crippen LogP contribution in [-0.4, -0.2) is 43.3 Å². The molecule has 1 aliphatic heterocycles. The molecule has 0 bridgehead atoms. The van der Waals surface area contributed by atoms with Crippen LogP contribution >= 0.6 is 11.6 Å². The van der Waals surface area contributed by atoms with Gasteiger partial charge >= 0.3 is 0 Å². The number of nitrogens with zero attached hydrogens (tertiary/aromatic N) is 1. The van der Waals surface area contributed by atoms with Gasteiger partial charge in [0.1, 0.15) is 0 Å². The Balaban J connectivity index is 2.40. The number of carbonyl (C=O) groups is 2. The van der Waals surface area contributed by atoms with Gasteiger partial charge in [0, 0.05) is 12.1 Å². The van der Waals surface area contributed by atoms with E-state index in [1.165, 1.54) is 20.9 Å². The molecule has 1 fully saturated rings. The molecule has 1 aliphatic rings. The van der Waals surface area contributed by atoms with Gasteiger partial charge in [-0.3, -0.25) is 9.59 Å². The molecule has 0 aromatic heterocycles. The first-order valence-electron chi connectivity index (χ1n) is 6.61. The van der Waals surface area contributed by atoms with Crippen molar-refractivity contribution in [3.8, 4) is 0 Å². The summed E-state index contributed by atoms with van der Waals surface area (Å²) in [7, 11) is -2.44. The molecule has 0 aliphatic carbocycles. The maximum absolute atomic E-state index is 12.3. The molecule has 1 aromatic carbocycles. The molecule has 0 N–H and O–H groups in total. The van der Waals surface area contributed by atoms with Crippen molar-refractivity contribution >= 4 is 33.2 Å². The van der Waals surface area contributed by atoms with Gasteiger partial charge in [0.15, 0.2) is 11.8 Å². The van der Waals surface area contributed by atoms with Crippen LogP contribution in [0.15, 0.2) is 24.3 Å². The van der Waals surface area contributed by atoms with Crippen LogP contribution in [0.25, 0.3) is 0 Å². The van der Waals surface area contributed by atoms with Gasteiger partial charge in [-0.15, -0.1) is 0 Å². The quantitative estimate of drug-likeness (QED) is 0.769. The van der Waals surface area contributed by atoms with Crippen molar-refractivity contribution in [3.05, 3.63) is 34.9 Å². The smallest absolute Gasteiger partial charge is 0.246 e. The minimum Gasteiger partial charge on any atom is -0.335 e. The zero-order valence-electron chi connectivity index (χ0n) is 12.4. The van der Waals surface area contributed by atoms with Gasteiger partial charge in [-0.25, -0.2) is 8.42 Å². The number of hydrogen-bond donors (Lipinski definition) is 0.